The van der Waals surface area contributed by atoms with Crippen LogP contribution in [0.15, 0.2) is 0 Å². The maximum Gasteiger partial charge on any atom is -0.0176 e. The molecule has 0 heteroatoms. The highest BCUT2D eigenvalue weighted by atomic mass is 14.9. The van der Waals surface area contributed by atoms with E-state index >= 15 is 0 Å². The van der Waals surface area contributed by atoms with Gasteiger partial charge in [0, 0.05) is 0 Å². The summed E-state index contributed by atoms with van der Waals surface area (Å²) >= 11 is 0. The van der Waals surface area contributed by atoms with Crippen molar-refractivity contribution in [1.29, 1.82) is 0 Å². The molecule has 0 N–H and O–H groups in total. The normalized spacial score (nSPS) is 71.1. The summed E-state index contributed by atoms with van der Waals surface area (Å²) in [5.74, 6) is 4.41. The molecular weight excluding hydrogens is 168 g/mol. The van der Waals surface area contributed by atoms with E-state index in [0.717, 1.165) is 34.5 Å². The molecule has 0 aromatic heterocycles. The predicted molar refractivity (Wildman–Crippen MR) is 57.8 cm³/mol. The van der Waals surface area contributed by atoms with Crippen LogP contribution in [-0.2, 0) is 0 Å². The third-order valence-electron chi connectivity index (χ3n) is 7.92. The molecule has 0 saturated heterocycles. The van der Waals surface area contributed by atoms with E-state index in [9.17, 15) is 0 Å². The first kappa shape index (κ1) is 8.19. The van der Waals surface area contributed by atoms with E-state index in [0.29, 0.717) is 5.41 Å². The van der Waals surface area contributed by atoms with Gasteiger partial charge < -0.3 is 0 Å². The van der Waals surface area contributed by atoms with Gasteiger partial charge in [0.2, 0.25) is 0 Å². The van der Waals surface area contributed by atoms with E-state index in [1.165, 1.54) is 0 Å². The largest absolute Gasteiger partial charge is 0.0617 e. The Hall–Kier alpha value is 0. The lowest BCUT2D eigenvalue weighted by atomic mass is 9.10. The van der Waals surface area contributed by atoms with Crippen molar-refractivity contribution >= 4 is 0 Å². The Labute approximate surface area is 87.5 Å². The van der Waals surface area contributed by atoms with Crippen LogP contribution in [0.3, 0.4) is 0 Å². The Bertz CT molecular complexity index is 329. The minimum absolute atomic E-state index is 0.632. The monoisotopic (exact) mass is 190 g/mol. The standard InChI is InChI=1S/C14H22/c1-8-11-10-7-9-5-6-14(9,10)13(11,4)12(8,2)3/h8-11H,5-7H2,1-4H3. The van der Waals surface area contributed by atoms with Gasteiger partial charge in [0.25, 0.3) is 0 Å². The summed E-state index contributed by atoms with van der Waals surface area (Å²) in [6.45, 7) is 10.2. The van der Waals surface area contributed by atoms with Gasteiger partial charge in [-0.2, -0.15) is 0 Å². The van der Waals surface area contributed by atoms with Crippen molar-refractivity contribution in [2.24, 2.45) is 39.9 Å². The highest BCUT2D eigenvalue weighted by Gasteiger charge is 2.89. The number of fused-ring (bicyclic) bond motifs is 2. The number of hydrogen-bond acceptors (Lipinski definition) is 0. The highest BCUT2D eigenvalue weighted by molar-refractivity contribution is 5.36. The topological polar surface area (TPSA) is 0 Å². The van der Waals surface area contributed by atoms with Gasteiger partial charge in [0.1, 0.15) is 0 Å². The maximum absolute atomic E-state index is 2.62. The third-order valence-corrected chi connectivity index (χ3v) is 7.92. The van der Waals surface area contributed by atoms with Crippen LogP contribution >= 0.6 is 0 Å². The number of rotatable bonds is 0. The zero-order valence-corrected chi connectivity index (χ0v) is 9.93. The van der Waals surface area contributed by atoms with Crippen LogP contribution in [0.5, 0.6) is 0 Å². The molecule has 0 bridgehead atoms. The van der Waals surface area contributed by atoms with Gasteiger partial charge in [0.15, 0.2) is 0 Å². The molecule has 78 valence electrons. The van der Waals surface area contributed by atoms with Crippen molar-refractivity contribution in [1.82, 2.24) is 0 Å². The lowest BCUT2D eigenvalue weighted by molar-refractivity contribution is -0.462. The molecule has 0 radical (unpaired) electrons. The quantitative estimate of drug-likeness (QED) is 0.546. The average molecular weight is 190 g/mol. The molecule has 1 spiro atoms. The first-order valence-corrected chi connectivity index (χ1v) is 6.48. The summed E-state index contributed by atoms with van der Waals surface area (Å²) in [5, 5.41) is 0. The SMILES string of the molecule is CC1C2C3CC4CCC43C2(C)C1(C)C. The second kappa shape index (κ2) is 1.72. The summed E-state index contributed by atoms with van der Waals surface area (Å²) in [6.07, 6.45) is 4.73. The Balaban J connectivity index is 1.81. The van der Waals surface area contributed by atoms with E-state index in [2.05, 4.69) is 27.7 Å². The lowest BCUT2D eigenvalue weighted by Gasteiger charge is -2.94. The molecule has 14 heavy (non-hydrogen) atoms. The van der Waals surface area contributed by atoms with Crippen LogP contribution in [0.2, 0.25) is 0 Å². The Morgan fingerprint density at radius 3 is 2.36 bits per heavy atom. The molecule has 4 rings (SSSR count). The molecule has 6 atom stereocenters. The fourth-order valence-electron chi connectivity index (χ4n) is 6.69. The van der Waals surface area contributed by atoms with Crippen molar-refractivity contribution in [3.63, 3.8) is 0 Å². The van der Waals surface area contributed by atoms with Gasteiger partial charge in [-0.3, -0.25) is 0 Å². The van der Waals surface area contributed by atoms with E-state index in [1.54, 1.807) is 19.3 Å². The van der Waals surface area contributed by atoms with E-state index < -0.39 is 0 Å². The molecule has 4 aliphatic rings. The molecule has 6 unspecified atom stereocenters. The smallest absolute Gasteiger partial charge is 0.0176 e. The third kappa shape index (κ3) is 0.403. The second-order valence-corrected chi connectivity index (χ2v) is 7.36. The zero-order chi connectivity index (χ0) is 9.93. The van der Waals surface area contributed by atoms with Gasteiger partial charge in [-0.15, -0.1) is 0 Å². The predicted octanol–water partition coefficient (Wildman–Crippen LogP) is 3.71. The van der Waals surface area contributed by atoms with Gasteiger partial charge in [-0.25, -0.2) is 0 Å². The molecule has 4 saturated carbocycles. The molecule has 0 amide bonds. The summed E-state index contributed by atoms with van der Waals surface area (Å²) in [6, 6.07) is 0. The van der Waals surface area contributed by atoms with E-state index in [4.69, 9.17) is 0 Å². The average Bonchev–Trinajstić information content (AvgIpc) is 2.09. The summed E-state index contributed by atoms with van der Waals surface area (Å²) < 4.78 is 0. The Morgan fingerprint density at radius 1 is 1.14 bits per heavy atom. The summed E-state index contributed by atoms with van der Waals surface area (Å²) in [5.41, 5.74) is 2.24. The fraction of sp³-hybridized carbons (Fsp3) is 1.00. The van der Waals surface area contributed by atoms with Crippen LogP contribution in [-0.4, -0.2) is 0 Å². The maximum atomic E-state index is 2.62. The second-order valence-electron chi connectivity index (χ2n) is 7.36. The van der Waals surface area contributed by atoms with Crippen molar-refractivity contribution in [2.45, 2.75) is 47.0 Å². The molecule has 0 aromatic carbocycles. The fourth-order valence-corrected chi connectivity index (χ4v) is 6.69. The van der Waals surface area contributed by atoms with Gasteiger partial charge in [0.05, 0.1) is 0 Å². The van der Waals surface area contributed by atoms with E-state index in [-0.39, 0.29) is 0 Å². The minimum atomic E-state index is 0.632. The lowest BCUT2D eigenvalue weighted by Crippen LogP contribution is -2.88. The molecular formula is C14H22. The summed E-state index contributed by atoms with van der Waals surface area (Å²) in [4.78, 5) is 0. The first-order valence-electron chi connectivity index (χ1n) is 6.48. The Kier molecular flexibility index (Phi) is 1.01. The van der Waals surface area contributed by atoms with Crippen LogP contribution in [0.25, 0.3) is 0 Å². The molecule has 0 aliphatic heterocycles. The van der Waals surface area contributed by atoms with Crippen molar-refractivity contribution in [2.75, 3.05) is 0 Å². The van der Waals surface area contributed by atoms with Crippen molar-refractivity contribution in [3.05, 3.63) is 0 Å². The highest BCUT2D eigenvalue weighted by Crippen LogP contribution is 2.94. The van der Waals surface area contributed by atoms with Crippen LogP contribution < -0.4 is 0 Å². The van der Waals surface area contributed by atoms with Gasteiger partial charge in [-0.1, -0.05) is 27.7 Å². The molecule has 0 nitrogen and oxygen atoms in total. The molecule has 0 aromatic rings. The van der Waals surface area contributed by atoms with Gasteiger partial charge in [-0.05, 0) is 59.2 Å². The van der Waals surface area contributed by atoms with E-state index in [1.807, 2.05) is 0 Å². The molecule has 4 aliphatic carbocycles. The van der Waals surface area contributed by atoms with Crippen molar-refractivity contribution < 1.29 is 0 Å². The van der Waals surface area contributed by atoms with Crippen molar-refractivity contribution in [3.8, 4) is 0 Å². The van der Waals surface area contributed by atoms with Crippen LogP contribution in [0.1, 0.15) is 47.0 Å². The van der Waals surface area contributed by atoms with Crippen LogP contribution in [0.4, 0.5) is 0 Å². The van der Waals surface area contributed by atoms with Crippen LogP contribution in [0, 0.1) is 39.9 Å². The van der Waals surface area contributed by atoms with Gasteiger partial charge >= 0.3 is 0 Å². The minimum Gasteiger partial charge on any atom is -0.0617 e. The zero-order valence-electron chi connectivity index (χ0n) is 9.93. The first-order chi connectivity index (χ1) is 6.48. The number of hydrogen-bond donors (Lipinski definition) is 0. The molecule has 0 heterocycles. The molecule has 4 fully saturated rings. The summed E-state index contributed by atoms with van der Waals surface area (Å²) in [7, 11) is 0. The Morgan fingerprint density at radius 2 is 1.86 bits per heavy atom.